The summed E-state index contributed by atoms with van der Waals surface area (Å²) in [6.07, 6.45) is 0. The molecule has 0 radical (unpaired) electrons. The van der Waals surface area contributed by atoms with E-state index in [1.165, 1.54) is 11.1 Å². The number of H-pyrrole nitrogens is 1. The van der Waals surface area contributed by atoms with Crippen molar-refractivity contribution in [3.8, 4) is 21.8 Å². The molecule has 0 saturated heterocycles. The minimum atomic E-state index is -0.316. The van der Waals surface area contributed by atoms with Crippen LogP contribution in [0.3, 0.4) is 0 Å². The normalized spacial score (nSPS) is 10.7. The van der Waals surface area contributed by atoms with Crippen LogP contribution in [0.5, 0.6) is 0 Å². The maximum absolute atomic E-state index is 11.8. The molecule has 1 aromatic carbocycles. The maximum atomic E-state index is 11.8. The van der Waals surface area contributed by atoms with Crippen molar-refractivity contribution in [1.29, 1.82) is 0 Å². The van der Waals surface area contributed by atoms with Crippen molar-refractivity contribution in [3.05, 3.63) is 63.4 Å². The summed E-state index contributed by atoms with van der Waals surface area (Å²) in [6.45, 7) is 4.13. The Labute approximate surface area is 121 Å². The van der Waals surface area contributed by atoms with E-state index in [4.69, 9.17) is 0 Å². The Morgan fingerprint density at radius 1 is 1.10 bits per heavy atom. The summed E-state index contributed by atoms with van der Waals surface area (Å²) in [7, 11) is 0. The molecule has 3 nitrogen and oxygen atoms in total. The number of nitrogens with zero attached hydrogens (tertiary/aromatic N) is 1. The van der Waals surface area contributed by atoms with Crippen molar-refractivity contribution in [2.45, 2.75) is 13.8 Å². The van der Waals surface area contributed by atoms with E-state index >= 15 is 0 Å². The number of aromatic amines is 1. The lowest BCUT2D eigenvalue weighted by atomic mass is 10.0. The molecular formula is C16H14N2OS. The fraction of sp³-hybridized carbons (Fsp3) is 0.125. The molecular weight excluding hydrogens is 268 g/mol. The largest absolute Gasteiger partial charge is 0.345 e. The van der Waals surface area contributed by atoms with Crippen LogP contribution in [0.25, 0.3) is 21.8 Å². The maximum Gasteiger partial charge on any atom is 0.345 e. The average molecular weight is 282 g/mol. The van der Waals surface area contributed by atoms with E-state index in [0.717, 1.165) is 16.1 Å². The number of hydrogen-bond donors (Lipinski definition) is 1. The predicted octanol–water partition coefficient (Wildman–Crippen LogP) is 3.78. The summed E-state index contributed by atoms with van der Waals surface area (Å²) in [5.41, 5.74) is 4.61. The second-order valence-electron chi connectivity index (χ2n) is 4.76. The van der Waals surface area contributed by atoms with Crippen molar-refractivity contribution in [2.24, 2.45) is 0 Å². The lowest BCUT2D eigenvalue weighted by molar-refractivity contribution is 1.09. The van der Waals surface area contributed by atoms with Gasteiger partial charge in [-0.05, 0) is 48.6 Å². The number of benzene rings is 1. The van der Waals surface area contributed by atoms with E-state index in [0.29, 0.717) is 5.69 Å². The first kappa shape index (κ1) is 12.8. The molecule has 0 saturated carbocycles. The molecule has 2 aromatic heterocycles. The van der Waals surface area contributed by atoms with Crippen molar-refractivity contribution in [1.82, 2.24) is 9.97 Å². The molecule has 0 spiro atoms. The SMILES string of the molecule is Cc1ccc(-c2cc(-c3cccs3)[nH]c(=O)n2)cc1C. The molecule has 20 heavy (non-hydrogen) atoms. The van der Waals surface area contributed by atoms with E-state index in [9.17, 15) is 4.79 Å². The highest BCUT2D eigenvalue weighted by atomic mass is 32.1. The summed E-state index contributed by atoms with van der Waals surface area (Å²) in [5, 5.41) is 1.99. The lowest BCUT2D eigenvalue weighted by Crippen LogP contribution is -2.11. The van der Waals surface area contributed by atoms with Gasteiger partial charge in [-0.2, -0.15) is 4.98 Å². The number of aromatic nitrogens is 2. The Kier molecular flexibility index (Phi) is 3.24. The quantitative estimate of drug-likeness (QED) is 0.777. The molecule has 0 atom stereocenters. The summed E-state index contributed by atoms with van der Waals surface area (Å²) < 4.78 is 0. The zero-order chi connectivity index (χ0) is 14.1. The van der Waals surface area contributed by atoms with Crippen LogP contribution in [0.1, 0.15) is 11.1 Å². The number of hydrogen-bond acceptors (Lipinski definition) is 3. The van der Waals surface area contributed by atoms with Crippen LogP contribution in [0.4, 0.5) is 0 Å². The Hall–Kier alpha value is -2.20. The second kappa shape index (κ2) is 5.06. The number of rotatable bonds is 2. The highest BCUT2D eigenvalue weighted by molar-refractivity contribution is 7.13. The van der Waals surface area contributed by atoms with Crippen LogP contribution in [-0.4, -0.2) is 9.97 Å². The van der Waals surface area contributed by atoms with Crippen molar-refractivity contribution in [2.75, 3.05) is 0 Å². The Bertz CT molecular complexity index is 804. The van der Waals surface area contributed by atoms with Gasteiger partial charge in [0, 0.05) is 5.56 Å². The van der Waals surface area contributed by atoms with Gasteiger partial charge in [0.1, 0.15) is 0 Å². The molecule has 3 rings (SSSR count). The van der Waals surface area contributed by atoms with Gasteiger partial charge in [-0.15, -0.1) is 11.3 Å². The molecule has 0 aliphatic rings. The summed E-state index contributed by atoms with van der Waals surface area (Å²) in [5.74, 6) is 0. The lowest BCUT2D eigenvalue weighted by Gasteiger charge is -2.06. The van der Waals surface area contributed by atoms with E-state index < -0.39 is 0 Å². The van der Waals surface area contributed by atoms with Gasteiger partial charge in [0.15, 0.2) is 0 Å². The second-order valence-corrected chi connectivity index (χ2v) is 5.71. The van der Waals surface area contributed by atoms with Crippen LogP contribution in [0.2, 0.25) is 0 Å². The monoisotopic (exact) mass is 282 g/mol. The van der Waals surface area contributed by atoms with Crippen LogP contribution in [0.15, 0.2) is 46.6 Å². The molecule has 3 aromatic rings. The Morgan fingerprint density at radius 2 is 1.95 bits per heavy atom. The topological polar surface area (TPSA) is 45.8 Å². The molecule has 0 aliphatic heterocycles. The van der Waals surface area contributed by atoms with Crippen LogP contribution >= 0.6 is 11.3 Å². The smallest absolute Gasteiger partial charge is 0.305 e. The third kappa shape index (κ3) is 2.42. The van der Waals surface area contributed by atoms with Gasteiger partial charge in [0.05, 0.1) is 16.3 Å². The fourth-order valence-corrected chi connectivity index (χ4v) is 2.77. The highest BCUT2D eigenvalue weighted by Gasteiger charge is 2.07. The van der Waals surface area contributed by atoms with Gasteiger partial charge >= 0.3 is 5.69 Å². The summed E-state index contributed by atoms with van der Waals surface area (Å²) in [6, 6.07) is 12.0. The van der Waals surface area contributed by atoms with Crippen LogP contribution in [-0.2, 0) is 0 Å². The van der Waals surface area contributed by atoms with Gasteiger partial charge in [0.25, 0.3) is 0 Å². The molecule has 1 N–H and O–H groups in total. The van der Waals surface area contributed by atoms with Gasteiger partial charge in [-0.3, -0.25) is 0 Å². The van der Waals surface area contributed by atoms with E-state index in [-0.39, 0.29) is 5.69 Å². The van der Waals surface area contributed by atoms with Gasteiger partial charge in [-0.1, -0.05) is 18.2 Å². The summed E-state index contributed by atoms with van der Waals surface area (Å²) in [4.78, 5) is 19.7. The van der Waals surface area contributed by atoms with Crippen LogP contribution in [0, 0.1) is 13.8 Å². The Morgan fingerprint density at radius 3 is 2.65 bits per heavy atom. The molecule has 100 valence electrons. The molecule has 0 aliphatic carbocycles. The first-order valence-corrected chi connectivity index (χ1v) is 7.24. The van der Waals surface area contributed by atoms with Gasteiger partial charge in [0.2, 0.25) is 0 Å². The Balaban J connectivity index is 2.14. The van der Waals surface area contributed by atoms with Gasteiger partial charge < -0.3 is 4.98 Å². The third-order valence-corrected chi connectivity index (χ3v) is 4.24. The molecule has 0 amide bonds. The number of thiophene rings is 1. The fourth-order valence-electron chi connectivity index (χ4n) is 2.07. The van der Waals surface area contributed by atoms with Crippen LogP contribution < -0.4 is 5.69 Å². The zero-order valence-corrected chi connectivity index (χ0v) is 12.1. The summed E-state index contributed by atoms with van der Waals surface area (Å²) >= 11 is 1.60. The molecule has 0 fully saturated rings. The standard InChI is InChI=1S/C16H14N2OS/c1-10-5-6-12(8-11(10)2)13-9-14(18-16(19)17-13)15-4-3-7-20-15/h3-9H,1-2H3,(H,17,18,19). The number of nitrogens with one attached hydrogen (secondary N) is 1. The molecule has 4 heteroatoms. The van der Waals surface area contributed by atoms with Crippen molar-refractivity contribution in [3.63, 3.8) is 0 Å². The van der Waals surface area contributed by atoms with E-state index in [2.05, 4.69) is 35.9 Å². The first-order valence-electron chi connectivity index (χ1n) is 6.36. The number of aryl methyl sites for hydroxylation is 2. The molecule has 0 unspecified atom stereocenters. The minimum absolute atomic E-state index is 0.316. The van der Waals surface area contributed by atoms with E-state index in [1.54, 1.807) is 11.3 Å². The molecule has 0 bridgehead atoms. The third-order valence-electron chi connectivity index (χ3n) is 3.33. The average Bonchev–Trinajstić information content (AvgIpc) is 2.95. The zero-order valence-electron chi connectivity index (χ0n) is 11.3. The van der Waals surface area contributed by atoms with Crippen molar-refractivity contribution >= 4 is 11.3 Å². The molecule has 2 heterocycles. The predicted molar refractivity (Wildman–Crippen MR) is 83.1 cm³/mol. The highest BCUT2D eigenvalue weighted by Crippen LogP contribution is 2.26. The van der Waals surface area contributed by atoms with Gasteiger partial charge in [-0.25, -0.2) is 4.79 Å². The minimum Gasteiger partial charge on any atom is -0.305 e. The first-order chi connectivity index (χ1) is 9.63. The van der Waals surface area contributed by atoms with Crippen molar-refractivity contribution < 1.29 is 0 Å². The van der Waals surface area contributed by atoms with E-state index in [1.807, 2.05) is 29.6 Å².